The summed E-state index contributed by atoms with van der Waals surface area (Å²) in [5.41, 5.74) is 0.181. The maximum absolute atomic E-state index is 12.9. The number of rotatable bonds is 5. The van der Waals surface area contributed by atoms with Gasteiger partial charge in [0.1, 0.15) is 0 Å². The third-order valence-corrected chi connectivity index (χ3v) is 7.12. The molecule has 0 aromatic heterocycles. The number of carbonyl (C=O) groups excluding carboxylic acids is 1. The molecule has 0 aliphatic carbocycles. The molecule has 1 N–H and O–H groups in total. The highest BCUT2D eigenvalue weighted by Crippen LogP contribution is 2.25. The molecular weight excluding hydrogens is 376 g/mol. The summed E-state index contributed by atoms with van der Waals surface area (Å²) in [4.78, 5) is 12.6. The molecular formula is C18H25ClN2O4S. The van der Waals surface area contributed by atoms with Crippen molar-refractivity contribution in [3.8, 4) is 0 Å². The summed E-state index contributed by atoms with van der Waals surface area (Å²) in [7, 11) is -3.62. The normalized spacial score (nSPS) is 22.1. The number of nitrogens with zero attached hydrogens (tertiary/aromatic N) is 1. The highest BCUT2D eigenvalue weighted by atomic mass is 35.5. The Kier molecular flexibility index (Phi) is 6.55. The van der Waals surface area contributed by atoms with Crippen molar-refractivity contribution < 1.29 is 17.9 Å². The Labute approximate surface area is 159 Å². The van der Waals surface area contributed by atoms with Gasteiger partial charge in [-0.3, -0.25) is 4.79 Å². The molecule has 2 saturated heterocycles. The molecule has 0 radical (unpaired) electrons. The molecule has 2 heterocycles. The monoisotopic (exact) mass is 400 g/mol. The van der Waals surface area contributed by atoms with Gasteiger partial charge in [0, 0.05) is 26.2 Å². The number of benzene rings is 1. The zero-order valence-electron chi connectivity index (χ0n) is 14.7. The number of amides is 1. The third kappa shape index (κ3) is 4.57. The molecule has 26 heavy (non-hydrogen) atoms. The van der Waals surface area contributed by atoms with Gasteiger partial charge in [0.15, 0.2) is 0 Å². The van der Waals surface area contributed by atoms with E-state index in [9.17, 15) is 13.2 Å². The molecule has 0 bridgehead atoms. The van der Waals surface area contributed by atoms with Gasteiger partial charge >= 0.3 is 0 Å². The van der Waals surface area contributed by atoms with Crippen molar-refractivity contribution in [2.75, 3.05) is 26.2 Å². The van der Waals surface area contributed by atoms with Crippen molar-refractivity contribution in [2.45, 2.75) is 49.5 Å². The van der Waals surface area contributed by atoms with Crippen LogP contribution in [0.4, 0.5) is 0 Å². The van der Waals surface area contributed by atoms with Crippen LogP contribution in [0.3, 0.4) is 0 Å². The number of sulfonamides is 1. The van der Waals surface area contributed by atoms with Crippen LogP contribution in [-0.2, 0) is 14.8 Å². The van der Waals surface area contributed by atoms with Gasteiger partial charge in [0.2, 0.25) is 10.0 Å². The Morgan fingerprint density at radius 2 is 1.92 bits per heavy atom. The molecule has 144 valence electrons. The number of ether oxygens (including phenoxy) is 1. The maximum Gasteiger partial charge on any atom is 0.252 e. The van der Waals surface area contributed by atoms with E-state index in [-0.39, 0.29) is 27.5 Å². The van der Waals surface area contributed by atoms with E-state index >= 15 is 0 Å². The fraction of sp³-hybridized carbons (Fsp3) is 0.611. The van der Waals surface area contributed by atoms with Gasteiger partial charge in [0.25, 0.3) is 5.91 Å². The van der Waals surface area contributed by atoms with Crippen LogP contribution < -0.4 is 5.32 Å². The van der Waals surface area contributed by atoms with E-state index in [4.69, 9.17) is 16.3 Å². The Hall–Kier alpha value is -1.15. The van der Waals surface area contributed by atoms with Gasteiger partial charge in [-0.2, -0.15) is 4.31 Å². The molecule has 2 aliphatic heterocycles. The number of nitrogens with one attached hydrogen (secondary N) is 1. The smallest absolute Gasteiger partial charge is 0.252 e. The van der Waals surface area contributed by atoms with Crippen molar-refractivity contribution >= 4 is 27.5 Å². The molecule has 2 fully saturated rings. The lowest BCUT2D eigenvalue weighted by Gasteiger charge is -2.20. The fourth-order valence-electron chi connectivity index (χ4n) is 3.38. The molecule has 1 aromatic rings. The van der Waals surface area contributed by atoms with Gasteiger partial charge in [0.05, 0.1) is 21.6 Å². The summed E-state index contributed by atoms with van der Waals surface area (Å²) >= 11 is 6.15. The molecule has 6 nitrogen and oxygen atoms in total. The van der Waals surface area contributed by atoms with E-state index in [1.165, 1.54) is 22.5 Å². The van der Waals surface area contributed by atoms with Crippen molar-refractivity contribution in [1.29, 1.82) is 0 Å². The van der Waals surface area contributed by atoms with Crippen molar-refractivity contribution in [1.82, 2.24) is 9.62 Å². The van der Waals surface area contributed by atoms with Crippen molar-refractivity contribution in [3.05, 3.63) is 28.8 Å². The van der Waals surface area contributed by atoms with E-state index in [0.29, 0.717) is 26.2 Å². The second kappa shape index (κ2) is 8.69. The van der Waals surface area contributed by atoms with E-state index in [1.54, 1.807) is 0 Å². The zero-order chi connectivity index (χ0) is 18.6. The summed E-state index contributed by atoms with van der Waals surface area (Å²) in [5.74, 6) is -0.376. The lowest BCUT2D eigenvalue weighted by Crippen LogP contribution is -2.33. The second-order valence-corrected chi connectivity index (χ2v) is 9.15. The zero-order valence-corrected chi connectivity index (χ0v) is 16.3. The van der Waals surface area contributed by atoms with Crippen molar-refractivity contribution in [2.24, 2.45) is 0 Å². The SMILES string of the molecule is O=C(NCC1CCCO1)c1cc(S(=O)(=O)N2CCCCCC2)ccc1Cl. The lowest BCUT2D eigenvalue weighted by atomic mass is 10.2. The standard InChI is InChI=1S/C18H25ClN2O4S/c19-17-8-7-15(26(23,24)21-9-3-1-2-4-10-21)12-16(17)18(22)20-13-14-6-5-11-25-14/h7-8,12,14H,1-6,9-11,13H2,(H,20,22). The lowest BCUT2D eigenvalue weighted by molar-refractivity contribution is 0.0857. The molecule has 1 atom stereocenters. The van der Waals surface area contributed by atoms with Crippen LogP contribution in [0.2, 0.25) is 5.02 Å². The highest BCUT2D eigenvalue weighted by Gasteiger charge is 2.27. The minimum Gasteiger partial charge on any atom is -0.376 e. The van der Waals surface area contributed by atoms with Gasteiger partial charge < -0.3 is 10.1 Å². The Morgan fingerprint density at radius 3 is 2.58 bits per heavy atom. The van der Waals surface area contributed by atoms with Gasteiger partial charge in [-0.15, -0.1) is 0 Å². The van der Waals surface area contributed by atoms with Gasteiger partial charge in [-0.1, -0.05) is 24.4 Å². The molecule has 0 saturated carbocycles. The summed E-state index contributed by atoms with van der Waals surface area (Å²) in [5, 5.41) is 3.03. The molecule has 1 unspecified atom stereocenters. The average molecular weight is 401 g/mol. The Bertz CT molecular complexity index is 740. The Balaban J connectivity index is 1.76. The first-order valence-electron chi connectivity index (χ1n) is 9.18. The third-order valence-electron chi connectivity index (χ3n) is 4.90. The quantitative estimate of drug-likeness (QED) is 0.824. The number of hydrogen-bond donors (Lipinski definition) is 1. The molecule has 2 aliphatic rings. The summed E-state index contributed by atoms with van der Waals surface area (Å²) in [6.07, 6.45) is 5.74. The van der Waals surface area contributed by atoms with Crippen LogP contribution in [0.25, 0.3) is 0 Å². The van der Waals surface area contributed by atoms with Crippen LogP contribution in [-0.4, -0.2) is 51.0 Å². The molecule has 0 spiro atoms. The molecule has 8 heteroatoms. The first-order valence-corrected chi connectivity index (χ1v) is 11.0. The topological polar surface area (TPSA) is 75.7 Å². The first kappa shape index (κ1) is 19.6. The minimum absolute atomic E-state index is 0.0155. The average Bonchev–Trinajstić information content (AvgIpc) is 2.99. The fourth-order valence-corrected chi connectivity index (χ4v) is 5.12. The molecule has 1 aromatic carbocycles. The predicted octanol–water partition coefficient (Wildman–Crippen LogP) is 2.81. The second-order valence-electron chi connectivity index (χ2n) is 6.81. The highest BCUT2D eigenvalue weighted by molar-refractivity contribution is 7.89. The number of carbonyl (C=O) groups is 1. The summed E-state index contributed by atoms with van der Waals surface area (Å²) in [6.45, 7) is 2.15. The maximum atomic E-state index is 12.9. The van der Waals surface area contributed by atoms with Crippen LogP contribution >= 0.6 is 11.6 Å². The Morgan fingerprint density at radius 1 is 1.19 bits per heavy atom. The minimum atomic E-state index is -3.62. The van der Waals surface area contributed by atoms with E-state index in [2.05, 4.69) is 5.32 Å². The predicted molar refractivity (Wildman–Crippen MR) is 100.0 cm³/mol. The van der Waals surface area contributed by atoms with E-state index < -0.39 is 10.0 Å². The molecule has 3 rings (SSSR count). The van der Waals surface area contributed by atoms with E-state index in [0.717, 1.165) is 38.5 Å². The van der Waals surface area contributed by atoms with E-state index in [1.807, 2.05) is 0 Å². The largest absolute Gasteiger partial charge is 0.376 e. The van der Waals surface area contributed by atoms with Crippen LogP contribution in [0.5, 0.6) is 0 Å². The summed E-state index contributed by atoms with van der Waals surface area (Å²) < 4.78 is 32.8. The van der Waals surface area contributed by atoms with Crippen LogP contribution in [0.15, 0.2) is 23.1 Å². The number of halogens is 1. The first-order chi connectivity index (χ1) is 12.5. The van der Waals surface area contributed by atoms with Crippen LogP contribution in [0, 0.1) is 0 Å². The van der Waals surface area contributed by atoms with Gasteiger partial charge in [-0.25, -0.2) is 8.42 Å². The number of hydrogen-bond acceptors (Lipinski definition) is 4. The summed E-state index contributed by atoms with van der Waals surface area (Å²) in [6, 6.07) is 4.33. The van der Waals surface area contributed by atoms with Gasteiger partial charge in [-0.05, 0) is 43.9 Å². The molecule has 1 amide bonds. The van der Waals surface area contributed by atoms with Crippen LogP contribution in [0.1, 0.15) is 48.9 Å². The van der Waals surface area contributed by atoms with Crippen molar-refractivity contribution in [3.63, 3.8) is 0 Å².